The monoisotopic (exact) mass is 242 g/mol. The molecule has 4 heteroatoms. The summed E-state index contributed by atoms with van der Waals surface area (Å²) in [5.41, 5.74) is 1.48. The Bertz CT molecular complexity index is 521. The van der Waals surface area contributed by atoms with Gasteiger partial charge in [-0.25, -0.2) is 0 Å². The third-order valence-corrected chi connectivity index (χ3v) is 2.05. The second kappa shape index (κ2) is 5.86. The Kier molecular flexibility index (Phi) is 4.48. The van der Waals surface area contributed by atoms with Gasteiger partial charge in [0.25, 0.3) is 5.91 Å². The van der Waals surface area contributed by atoms with Crippen molar-refractivity contribution in [1.29, 1.82) is 5.26 Å². The van der Waals surface area contributed by atoms with Gasteiger partial charge in [-0.15, -0.1) is 0 Å². The van der Waals surface area contributed by atoms with Crippen molar-refractivity contribution in [1.82, 2.24) is 0 Å². The van der Waals surface area contributed by atoms with E-state index in [1.807, 2.05) is 21.1 Å². The van der Waals surface area contributed by atoms with Crippen molar-refractivity contribution in [2.75, 3.05) is 33.0 Å². The minimum atomic E-state index is -0.0293. The van der Waals surface area contributed by atoms with E-state index in [4.69, 9.17) is 5.26 Å². The fourth-order valence-electron chi connectivity index (χ4n) is 1.37. The predicted molar refractivity (Wildman–Crippen MR) is 70.5 cm³/mol. The molecular formula is C14H16N3O+. The van der Waals surface area contributed by atoms with E-state index >= 15 is 0 Å². The number of nitriles is 1. The first kappa shape index (κ1) is 13.8. The highest BCUT2D eigenvalue weighted by molar-refractivity contribution is 5.91. The van der Waals surface area contributed by atoms with Crippen LogP contribution in [0.15, 0.2) is 24.3 Å². The molecule has 0 radical (unpaired) electrons. The van der Waals surface area contributed by atoms with Gasteiger partial charge in [-0.3, -0.25) is 4.79 Å². The van der Waals surface area contributed by atoms with Crippen LogP contribution in [0.1, 0.15) is 5.56 Å². The van der Waals surface area contributed by atoms with Crippen LogP contribution >= 0.6 is 0 Å². The summed E-state index contributed by atoms with van der Waals surface area (Å²) in [6, 6.07) is 8.84. The molecule has 0 aliphatic heterocycles. The number of quaternary nitrogens is 1. The van der Waals surface area contributed by atoms with E-state index in [9.17, 15) is 4.79 Å². The number of carbonyl (C=O) groups is 1. The lowest BCUT2D eigenvalue weighted by Crippen LogP contribution is -2.41. The number of hydrogen-bond donors (Lipinski definition) is 1. The molecule has 0 aliphatic rings. The number of carbonyl (C=O) groups excluding carboxylic acids is 1. The van der Waals surface area contributed by atoms with Gasteiger partial charge >= 0.3 is 0 Å². The average Bonchev–Trinajstić information content (AvgIpc) is 2.25. The summed E-state index contributed by atoms with van der Waals surface area (Å²) in [6.07, 6.45) is 0. The maximum atomic E-state index is 11.7. The maximum absolute atomic E-state index is 11.7. The van der Waals surface area contributed by atoms with Crippen LogP contribution in [0.2, 0.25) is 0 Å². The normalized spacial score (nSPS) is 9.89. The van der Waals surface area contributed by atoms with E-state index in [1.54, 1.807) is 30.3 Å². The van der Waals surface area contributed by atoms with Crippen LogP contribution in [0.4, 0.5) is 5.69 Å². The smallest absolute Gasteiger partial charge is 0.279 e. The highest BCUT2D eigenvalue weighted by Crippen LogP contribution is 2.09. The Balaban J connectivity index is 2.65. The first-order chi connectivity index (χ1) is 8.40. The van der Waals surface area contributed by atoms with E-state index in [2.05, 4.69) is 17.2 Å². The molecule has 0 bridgehead atoms. The van der Waals surface area contributed by atoms with E-state index in [0.717, 1.165) is 11.3 Å². The molecule has 1 aromatic carbocycles. The summed E-state index contributed by atoms with van der Waals surface area (Å²) in [7, 11) is 5.88. The third-order valence-electron chi connectivity index (χ3n) is 2.05. The Morgan fingerprint density at radius 3 is 2.39 bits per heavy atom. The summed E-state index contributed by atoms with van der Waals surface area (Å²) in [6.45, 7) is 0.413. The lowest BCUT2D eigenvalue weighted by Gasteiger charge is -2.22. The van der Waals surface area contributed by atoms with E-state index in [-0.39, 0.29) is 5.91 Å². The second-order valence-corrected chi connectivity index (χ2v) is 4.94. The van der Waals surface area contributed by atoms with E-state index in [1.165, 1.54) is 0 Å². The zero-order valence-electron chi connectivity index (χ0n) is 10.8. The summed E-state index contributed by atoms with van der Waals surface area (Å²) < 4.78 is 0.581. The van der Waals surface area contributed by atoms with Crippen molar-refractivity contribution in [3.8, 4) is 17.9 Å². The molecule has 0 unspecified atom stereocenters. The lowest BCUT2D eigenvalue weighted by molar-refractivity contribution is -0.861. The lowest BCUT2D eigenvalue weighted by atomic mass is 10.2. The van der Waals surface area contributed by atoms with Gasteiger partial charge in [0.1, 0.15) is 0 Å². The Morgan fingerprint density at radius 1 is 1.28 bits per heavy atom. The van der Waals surface area contributed by atoms with Gasteiger partial charge in [-0.2, -0.15) is 5.26 Å². The minimum absolute atomic E-state index is 0.0293. The number of benzene rings is 1. The van der Waals surface area contributed by atoms with Crippen molar-refractivity contribution >= 4 is 11.6 Å². The molecule has 0 fully saturated rings. The molecule has 0 saturated heterocycles. The Labute approximate surface area is 107 Å². The van der Waals surface area contributed by atoms with Crippen LogP contribution in [0.5, 0.6) is 0 Å². The summed E-state index contributed by atoms with van der Waals surface area (Å²) in [4.78, 5) is 11.7. The topological polar surface area (TPSA) is 52.9 Å². The fourth-order valence-corrected chi connectivity index (χ4v) is 1.37. The zero-order chi connectivity index (χ0) is 13.6. The Morgan fingerprint density at radius 2 is 1.89 bits per heavy atom. The second-order valence-electron chi connectivity index (χ2n) is 4.94. The highest BCUT2D eigenvalue weighted by Gasteiger charge is 2.13. The molecule has 1 amide bonds. The molecule has 1 rings (SSSR count). The SMILES string of the molecule is C[N+](C)(C)CC(=O)Nc1ccc(C#CC#N)cc1. The number of nitrogens with one attached hydrogen (secondary N) is 1. The molecule has 92 valence electrons. The van der Waals surface area contributed by atoms with Crippen LogP contribution in [0, 0.1) is 23.2 Å². The van der Waals surface area contributed by atoms with Gasteiger partial charge in [0.05, 0.1) is 21.1 Å². The number of amides is 1. The quantitative estimate of drug-likeness (QED) is 0.639. The first-order valence-corrected chi connectivity index (χ1v) is 5.51. The fraction of sp³-hybridized carbons (Fsp3) is 0.286. The molecule has 18 heavy (non-hydrogen) atoms. The molecular weight excluding hydrogens is 226 g/mol. The molecule has 4 nitrogen and oxygen atoms in total. The molecule has 0 saturated carbocycles. The van der Waals surface area contributed by atoms with Crippen LogP contribution < -0.4 is 5.32 Å². The average molecular weight is 242 g/mol. The standard InChI is InChI=1S/C14H15N3O/c1-17(2,3)11-14(18)16-13-8-6-12(7-9-13)5-4-10-15/h6-9H,11H2,1-3H3/p+1. The molecule has 1 aromatic rings. The van der Waals surface area contributed by atoms with Crippen molar-refractivity contribution in [3.63, 3.8) is 0 Å². The van der Waals surface area contributed by atoms with E-state index in [0.29, 0.717) is 11.0 Å². The van der Waals surface area contributed by atoms with Gasteiger partial charge in [0.15, 0.2) is 12.6 Å². The number of likely N-dealkylation sites (N-methyl/N-ethyl adjacent to an activating group) is 1. The van der Waals surface area contributed by atoms with Gasteiger partial charge < -0.3 is 9.80 Å². The number of nitrogens with zero attached hydrogens (tertiary/aromatic N) is 2. The predicted octanol–water partition coefficient (Wildman–Crippen LogP) is 1.21. The summed E-state index contributed by atoms with van der Waals surface area (Å²) in [5.74, 6) is 4.98. The van der Waals surface area contributed by atoms with Crippen molar-refractivity contribution in [3.05, 3.63) is 29.8 Å². The van der Waals surface area contributed by atoms with Gasteiger partial charge in [0.2, 0.25) is 0 Å². The van der Waals surface area contributed by atoms with Crippen LogP contribution in [0.3, 0.4) is 0 Å². The van der Waals surface area contributed by atoms with Crippen molar-refractivity contribution < 1.29 is 9.28 Å². The maximum Gasteiger partial charge on any atom is 0.279 e. The number of rotatable bonds is 3. The third kappa shape index (κ3) is 5.16. The molecule has 1 N–H and O–H groups in total. The van der Waals surface area contributed by atoms with Crippen molar-refractivity contribution in [2.45, 2.75) is 0 Å². The molecule has 0 atom stereocenters. The minimum Gasteiger partial charge on any atom is -0.323 e. The van der Waals surface area contributed by atoms with Crippen LogP contribution in [-0.4, -0.2) is 38.1 Å². The van der Waals surface area contributed by atoms with Crippen LogP contribution in [-0.2, 0) is 4.79 Å². The van der Waals surface area contributed by atoms with Gasteiger partial charge in [0, 0.05) is 17.2 Å². The largest absolute Gasteiger partial charge is 0.323 e. The number of hydrogen-bond acceptors (Lipinski definition) is 2. The highest BCUT2D eigenvalue weighted by atomic mass is 16.2. The first-order valence-electron chi connectivity index (χ1n) is 5.51. The molecule has 0 heterocycles. The molecule has 0 aliphatic carbocycles. The summed E-state index contributed by atoms with van der Waals surface area (Å²) >= 11 is 0. The number of anilines is 1. The van der Waals surface area contributed by atoms with Crippen molar-refractivity contribution in [2.24, 2.45) is 0 Å². The Hall–Kier alpha value is -2.30. The zero-order valence-corrected chi connectivity index (χ0v) is 10.8. The molecule has 0 aromatic heterocycles. The van der Waals surface area contributed by atoms with Crippen LogP contribution in [0.25, 0.3) is 0 Å². The molecule has 0 spiro atoms. The van der Waals surface area contributed by atoms with Gasteiger partial charge in [-0.1, -0.05) is 5.92 Å². The van der Waals surface area contributed by atoms with E-state index < -0.39 is 0 Å². The summed E-state index contributed by atoms with van der Waals surface area (Å²) in [5, 5.41) is 11.1. The van der Waals surface area contributed by atoms with Gasteiger partial charge in [-0.05, 0) is 24.3 Å².